The van der Waals surface area contributed by atoms with Crippen LogP contribution in [0.4, 0.5) is 4.39 Å². The zero-order valence-corrected chi connectivity index (χ0v) is 11.1. The van der Waals surface area contributed by atoms with Crippen LogP contribution in [0.3, 0.4) is 0 Å². The van der Waals surface area contributed by atoms with Gasteiger partial charge in [-0.2, -0.15) is 5.26 Å². The lowest BCUT2D eigenvalue weighted by molar-refractivity contribution is 0.0687. The third-order valence-corrected chi connectivity index (χ3v) is 3.43. The number of nitrogens with one attached hydrogen (secondary N) is 1. The molecule has 1 saturated heterocycles. The number of amides is 1. The third kappa shape index (κ3) is 2.52. The summed E-state index contributed by atoms with van der Waals surface area (Å²) in [5.41, 5.74) is 0.380. The van der Waals surface area contributed by atoms with E-state index in [1.165, 1.54) is 23.1 Å². The van der Waals surface area contributed by atoms with Gasteiger partial charge in [0.25, 0.3) is 5.91 Å². The van der Waals surface area contributed by atoms with E-state index in [0.29, 0.717) is 25.2 Å². The van der Waals surface area contributed by atoms with Gasteiger partial charge in [0, 0.05) is 25.2 Å². The lowest BCUT2D eigenvalue weighted by Crippen LogP contribution is -2.53. The number of piperazine rings is 1. The first-order chi connectivity index (χ1) is 8.63. The normalized spacial score (nSPS) is 19.4. The molecule has 4 nitrogen and oxygen atoms in total. The summed E-state index contributed by atoms with van der Waals surface area (Å²) < 4.78 is 13.4. The Morgan fingerprint density at radius 2 is 2.39 bits per heavy atom. The smallest absolute Gasteiger partial charge is 0.255 e. The van der Waals surface area contributed by atoms with Gasteiger partial charge >= 0.3 is 0 Å². The van der Waals surface area contributed by atoms with E-state index in [2.05, 4.69) is 27.3 Å². The lowest BCUT2D eigenvalue weighted by atomic mass is 10.1. The molecule has 1 aromatic rings. The Morgan fingerprint density at radius 1 is 1.61 bits per heavy atom. The minimum Gasteiger partial charge on any atom is -0.320 e. The van der Waals surface area contributed by atoms with E-state index in [4.69, 9.17) is 5.26 Å². The maximum absolute atomic E-state index is 13.1. The first-order valence-corrected chi connectivity index (χ1v) is 6.29. The summed E-state index contributed by atoms with van der Waals surface area (Å²) in [6, 6.07) is 5.72. The molecule has 0 saturated carbocycles. The Morgan fingerprint density at radius 3 is 3.06 bits per heavy atom. The van der Waals surface area contributed by atoms with Gasteiger partial charge < -0.3 is 10.2 Å². The van der Waals surface area contributed by atoms with Crippen LogP contribution in [-0.2, 0) is 0 Å². The van der Waals surface area contributed by atoms with Crippen molar-refractivity contribution >= 4 is 21.8 Å². The second kappa shape index (κ2) is 5.46. The van der Waals surface area contributed by atoms with Gasteiger partial charge in [-0.05, 0) is 34.1 Å². The highest BCUT2D eigenvalue weighted by atomic mass is 79.9. The molecule has 1 amide bonds. The highest BCUT2D eigenvalue weighted by molar-refractivity contribution is 9.10. The van der Waals surface area contributed by atoms with Crippen molar-refractivity contribution in [2.24, 2.45) is 0 Å². The molecule has 1 aromatic carbocycles. The molecule has 1 heterocycles. The Labute approximate surface area is 113 Å². The van der Waals surface area contributed by atoms with Gasteiger partial charge in [-0.3, -0.25) is 4.79 Å². The summed E-state index contributed by atoms with van der Waals surface area (Å²) in [4.78, 5) is 13.7. The predicted octanol–water partition coefficient (Wildman–Crippen LogP) is 1.53. The molecule has 1 aliphatic rings. The Bertz CT molecular complexity index is 515. The molecule has 0 spiro atoms. The van der Waals surface area contributed by atoms with Crippen LogP contribution < -0.4 is 5.32 Å². The van der Waals surface area contributed by atoms with Crippen molar-refractivity contribution in [2.75, 3.05) is 19.6 Å². The van der Waals surface area contributed by atoms with E-state index in [9.17, 15) is 9.18 Å². The first kappa shape index (κ1) is 13.0. The second-order valence-corrected chi connectivity index (χ2v) is 4.83. The number of benzene rings is 1. The largest absolute Gasteiger partial charge is 0.320 e. The van der Waals surface area contributed by atoms with E-state index < -0.39 is 11.9 Å². The molecule has 6 heteroatoms. The molecule has 94 valence electrons. The van der Waals surface area contributed by atoms with Gasteiger partial charge in [-0.25, -0.2) is 4.39 Å². The van der Waals surface area contributed by atoms with Gasteiger partial charge in [0.1, 0.15) is 11.9 Å². The molecule has 1 unspecified atom stereocenters. The molecule has 1 aliphatic heterocycles. The van der Waals surface area contributed by atoms with Crippen LogP contribution in [0.15, 0.2) is 22.7 Å². The van der Waals surface area contributed by atoms with E-state index in [-0.39, 0.29) is 10.4 Å². The van der Waals surface area contributed by atoms with Gasteiger partial charge in [-0.1, -0.05) is 0 Å². The van der Waals surface area contributed by atoms with Crippen molar-refractivity contribution in [1.29, 1.82) is 5.26 Å². The fourth-order valence-electron chi connectivity index (χ4n) is 1.86. The standard InChI is InChI=1S/C12H11BrFN3O/c13-10-5-8(1-2-11(10)14)12(18)17-4-3-16-7-9(17)6-15/h1-2,5,9,16H,3-4,7H2. The summed E-state index contributed by atoms with van der Waals surface area (Å²) in [5, 5.41) is 12.1. The molecular formula is C12H11BrFN3O. The number of nitriles is 1. The van der Waals surface area contributed by atoms with Crippen molar-refractivity contribution in [3.8, 4) is 6.07 Å². The van der Waals surface area contributed by atoms with E-state index in [1.54, 1.807) is 0 Å². The zero-order chi connectivity index (χ0) is 13.1. The van der Waals surface area contributed by atoms with Crippen LogP contribution in [0, 0.1) is 17.1 Å². The average molecular weight is 312 g/mol. The monoisotopic (exact) mass is 311 g/mol. The van der Waals surface area contributed by atoms with Crippen molar-refractivity contribution < 1.29 is 9.18 Å². The van der Waals surface area contributed by atoms with Crippen LogP contribution in [-0.4, -0.2) is 36.5 Å². The minimum atomic E-state index is -0.477. The summed E-state index contributed by atoms with van der Waals surface area (Å²) in [5.74, 6) is -0.660. The lowest BCUT2D eigenvalue weighted by Gasteiger charge is -2.32. The van der Waals surface area contributed by atoms with Gasteiger partial charge in [0.05, 0.1) is 10.5 Å². The summed E-state index contributed by atoms with van der Waals surface area (Å²) >= 11 is 3.05. The van der Waals surface area contributed by atoms with Gasteiger partial charge in [0.2, 0.25) is 0 Å². The van der Waals surface area contributed by atoms with Crippen molar-refractivity contribution in [1.82, 2.24) is 10.2 Å². The average Bonchev–Trinajstić information content (AvgIpc) is 2.41. The molecule has 0 radical (unpaired) electrons. The number of nitrogens with zero attached hydrogens (tertiary/aromatic N) is 2. The Kier molecular flexibility index (Phi) is 3.94. The third-order valence-electron chi connectivity index (χ3n) is 2.82. The molecule has 2 rings (SSSR count). The topological polar surface area (TPSA) is 56.1 Å². The molecular weight excluding hydrogens is 301 g/mol. The van der Waals surface area contributed by atoms with E-state index in [0.717, 1.165) is 0 Å². The van der Waals surface area contributed by atoms with Gasteiger partial charge in [0.15, 0.2) is 0 Å². The highest BCUT2D eigenvalue weighted by Crippen LogP contribution is 2.19. The quantitative estimate of drug-likeness (QED) is 0.855. The molecule has 0 aliphatic carbocycles. The van der Waals surface area contributed by atoms with E-state index in [1.807, 2.05) is 0 Å². The number of carbonyl (C=O) groups excluding carboxylic acids is 1. The SMILES string of the molecule is N#CC1CNCCN1C(=O)c1ccc(F)c(Br)c1. The maximum atomic E-state index is 13.1. The first-order valence-electron chi connectivity index (χ1n) is 5.50. The molecule has 0 aromatic heterocycles. The van der Waals surface area contributed by atoms with Crippen LogP contribution in [0.2, 0.25) is 0 Å². The Balaban J connectivity index is 2.24. The number of halogens is 2. The summed E-state index contributed by atoms with van der Waals surface area (Å²) in [7, 11) is 0. The van der Waals surface area contributed by atoms with Crippen LogP contribution in [0.5, 0.6) is 0 Å². The summed E-state index contributed by atoms with van der Waals surface area (Å²) in [6.07, 6.45) is 0. The van der Waals surface area contributed by atoms with Crippen molar-refractivity contribution in [3.63, 3.8) is 0 Å². The molecule has 1 fully saturated rings. The number of hydrogen-bond donors (Lipinski definition) is 1. The van der Waals surface area contributed by atoms with E-state index >= 15 is 0 Å². The van der Waals surface area contributed by atoms with Crippen molar-refractivity contribution in [3.05, 3.63) is 34.1 Å². The number of hydrogen-bond acceptors (Lipinski definition) is 3. The summed E-state index contributed by atoms with van der Waals surface area (Å²) in [6.45, 7) is 1.60. The van der Waals surface area contributed by atoms with Crippen molar-refractivity contribution in [2.45, 2.75) is 6.04 Å². The molecule has 0 bridgehead atoms. The fourth-order valence-corrected chi connectivity index (χ4v) is 2.24. The number of carbonyl (C=O) groups is 1. The second-order valence-electron chi connectivity index (χ2n) is 3.98. The van der Waals surface area contributed by atoms with Crippen LogP contribution in [0.1, 0.15) is 10.4 Å². The minimum absolute atomic E-state index is 0.247. The van der Waals surface area contributed by atoms with Gasteiger partial charge in [-0.15, -0.1) is 0 Å². The van der Waals surface area contributed by atoms with Crippen LogP contribution in [0.25, 0.3) is 0 Å². The highest BCUT2D eigenvalue weighted by Gasteiger charge is 2.27. The fraction of sp³-hybridized carbons (Fsp3) is 0.333. The number of rotatable bonds is 1. The molecule has 1 N–H and O–H groups in total. The maximum Gasteiger partial charge on any atom is 0.255 e. The molecule has 18 heavy (non-hydrogen) atoms. The Hall–Kier alpha value is -1.45. The van der Waals surface area contributed by atoms with Crippen LogP contribution >= 0.6 is 15.9 Å². The zero-order valence-electron chi connectivity index (χ0n) is 9.49. The molecule has 1 atom stereocenters. The predicted molar refractivity (Wildman–Crippen MR) is 67.4 cm³/mol.